The quantitative estimate of drug-likeness (QED) is 0.909. The number of nitrogens with one attached hydrogen (secondary N) is 1. The fourth-order valence-electron chi connectivity index (χ4n) is 4.11. The Morgan fingerprint density at radius 2 is 2.13 bits per heavy atom. The minimum absolute atomic E-state index is 0. The molecule has 1 aromatic rings. The van der Waals surface area contributed by atoms with E-state index in [0.717, 1.165) is 58.0 Å². The van der Waals surface area contributed by atoms with Crippen molar-refractivity contribution >= 4 is 5.69 Å². The lowest BCUT2D eigenvalue weighted by atomic mass is 9.94. The maximum Gasteiger partial charge on any atom is 0.143 e. The van der Waals surface area contributed by atoms with Crippen molar-refractivity contribution in [2.24, 2.45) is 0 Å². The van der Waals surface area contributed by atoms with Gasteiger partial charge in [-0.3, -0.25) is 0 Å². The van der Waals surface area contributed by atoms with Gasteiger partial charge < -0.3 is 19.7 Å². The van der Waals surface area contributed by atoms with Gasteiger partial charge in [0, 0.05) is 13.2 Å². The van der Waals surface area contributed by atoms with E-state index in [0.29, 0.717) is 6.10 Å². The number of anilines is 1. The predicted molar refractivity (Wildman–Crippen MR) is 94.9 cm³/mol. The van der Waals surface area contributed by atoms with Crippen molar-refractivity contribution in [1.82, 2.24) is 5.32 Å². The van der Waals surface area contributed by atoms with E-state index in [1.54, 1.807) is 0 Å². The molecule has 128 valence electrons. The van der Waals surface area contributed by atoms with E-state index in [1.807, 2.05) is 0 Å². The summed E-state index contributed by atoms with van der Waals surface area (Å²) >= 11 is 0. The molecule has 0 amide bonds. The number of ether oxygens (including phenoxy) is 2. The summed E-state index contributed by atoms with van der Waals surface area (Å²) < 4.78 is 11.9. The van der Waals surface area contributed by atoms with Gasteiger partial charge in [-0.15, -0.1) is 0 Å². The molecule has 0 unspecified atom stereocenters. The summed E-state index contributed by atoms with van der Waals surface area (Å²) in [7, 11) is 0. The summed E-state index contributed by atoms with van der Waals surface area (Å²) in [4.78, 5) is 2.50. The lowest BCUT2D eigenvalue weighted by Gasteiger charge is -2.35. The van der Waals surface area contributed by atoms with Crippen molar-refractivity contribution in [1.29, 1.82) is 0 Å². The molecule has 4 heteroatoms. The standard InChI is InChI=1S/C18H26N2O2.CH4/c1-13-16-5-7-19-6-4-14(16)11-17-18(13)20(8-10-22-17)12-15-3-2-9-21-15;/h11,15,19H,2-10,12H2,1H3;1H4/t15-;/m1./s1. The molecule has 3 heterocycles. The first-order valence-electron chi connectivity index (χ1n) is 8.68. The molecule has 1 aromatic carbocycles. The molecule has 1 saturated heterocycles. The van der Waals surface area contributed by atoms with Crippen molar-refractivity contribution < 1.29 is 9.47 Å². The van der Waals surface area contributed by atoms with Gasteiger partial charge >= 0.3 is 0 Å². The van der Waals surface area contributed by atoms with Gasteiger partial charge in [0.05, 0.1) is 18.3 Å². The van der Waals surface area contributed by atoms with Crippen LogP contribution in [0.1, 0.15) is 37.0 Å². The molecule has 3 aliphatic rings. The molecule has 0 radical (unpaired) electrons. The van der Waals surface area contributed by atoms with Gasteiger partial charge in [-0.25, -0.2) is 0 Å². The van der Waals surface area contributed by atoms with Crippen molar-refractivity contribution in [3.63, 3.8) is 0 Å². The van der Waals surface area contributed by atoms with Crippen LogP contribution in [0.5, 0.6) is 5.75 Å². The molecule has 1 N–H and O–H groups in total. The Morgan fingerprint density at radius 3 is 2.96 bits per heavy atom. The van der Waals surface area contributed by atoms with Gasteiger partial charge in [0.2, 0.25) is 0 Å². The van der Waals surface area contributed by atoms with Crippen LogP contribution < -0.4 is 15.0 Å². The second kappa shape index (κ2) is 7.10. The fourth-order valence-corrected chi connectivity index (χ4v) is 4.11. The monoisotopic (exact) mass is 318 g/mol. The van der Waals surface area contributed by atoms with Crippen molar-refractivity contribution in [3.8, 4) is 5.75 Å². The van der Waals surface area contributed by atoms with E-state index < -0.39 is 0 Å². The van der Waals surface area contributed by atoms with Crippen LogP contribution in [0.2, 0.25) is 0 Å². The average molecular weight is 318 g/mol. The summed E-state index contributed by atoms with van der Waals surface area (Å²) in [5.74, 6) is 1.09. The van der Waals surface area contributed by atoms with E-state index >= 15 is 0 Å². The summed E-state index contributed by atoms with van der Waals surface area (Å²) in [5.41, 5.74) is 5.75. The average Bonchev–Trinajstić information content (AvgIpc) is 2.91. The van der Waals surface area contributed by atoms with Crippen molar-refractivity contribution in [3.05, 3.63) is 22.8 Å². The van der Waals surface area contributed by atoms with E-state index in [-0.39, 0.29) is 7.43 Å². The van der Waals surface area contributed by atoms with E-state index in [2.05, 4.69) is 23.2 Å². The summed E-state index contributed by atoms with van der Waals surface area (Å²) in [6.45, 7) is 8.14. The number of fused-ring (bicyclic) bond motifs is 2. The molecule has 0 saturated carbocycles. The molecule has 4 rings (SSSR count). The lowest BCUT2D eigenvalue weighted by molar-refractivity contribution is 0.114. The molecule has 4 nitrogen and oxygen atoms in total. The summed E-state index contributed by atoms with van der Waals surface area (Å²) in [5, 5.41) is 3.51. The van der Waals surface area contributed by atoms with Gasteiger partial charge in [-0.05, 0) is 68.5 Å². The third-order valence-corrected chi connectivity index (χ3v) is 5.24. The first kappa shape index (κ1) is 16.6. The smallest absolute Gasteiger partial charge is 0.143 e. The van der Waals surface area contributed by atoms with E-state index in [9.17, 15) is 0 Å². The van der Waals surface area contributed by atoms with Crippen LogP contribution in [0.4, 0.5) is 5.69 Å². The van der Waals surface area contributed by atoms with Crippen molar-refractivity contribution in [2.75, 3.05) is 44.3 Å². The van der Waals surface area contributed by atoms with Crippen LogP contribution in [0.15, 0.2) is 6.07 Å². The lowest BCUT2D eigenvalue weighted by Crippen LogP contribution is -2.39. The van der Waals surface area contributed by atoms with Gasteiger partial charge in [0.25, 0.3) is 0 Å². The van der Waals surface area contributed by atoms with Crippen LogP contribution in [-0.2, 0) is 17.6 Å². The van der Waals surface area contributed by atoms with Crippen LogP contribution in [-0.4, -0.2) is 45.5 Å². The largest absolute Gasteiger partial charge is 0.490 e. The Morgan fingerprint density at radius 1 is 1.26 bits per heavy atom. The van der Waals surface area contributed by atoms with Crippen molar-refractivity contribution in [2.45, 2.75) is 46.1 Å². The summed E-state index contributed by atoms with van der Waals surface area (Å²) in [6, 6.07) is 2.30. The molecule has 0 spiro atoms. The highest BCUT2D eigenvalue weighted by Gasteiger charge is 2.27. The molecular weight excluding hydrogens is 288 g/mol. The zero-order valence-electron chi connectivity index (χ0n) is 13.5. The Bertz CT molecular complexity index is 553. The molecule has 1 atom stereocenters. The third kappa shape index (κ3) is 3.20. The van der Waals surface area contributed by atoms with Crippen LogP contribution in [0.25, 0.3) is 0 Å². The fraction of sp³-hybridized carbons (Fsp3) is 0.684. The molecule has 0 bridgehead atoms. The predicted octanol–water partition coefficient (Wildman–Crippen LogP) is 2.70. The molecule has 0 aromatic heterocycles. The Hall–Kier alpha value is -1.26. The normalized spacial score (nSPS) is 23.3. The number of hydrogen-bond acceptors (Lipinski definition) is 4. The zero-order chi connectivity index (χ0) is 14.9. The van der Waals surface area contributed by atoms with Crippen LogP contribution >= 0.6 is 0 Å². The maximum atomic E-state index is 6.00. The van der Waals surface area contributed by atoms with E-state index in [1.165, 1.54) is 35.2 Å². The number of rotatable bonds is 2. The molecule has 0 aliphatic carbocycles. The number of benzene rings is 1. The van der Waals surface area contributed by atoms with E-state index in [4.69, 9.17) is 9.47 Å². The first-order chi connectivity index (χ1) is 10.8. The second-order valence-electron chi connectivity index (χ2n) is 6.67. The van der Waals surface area contributed by atoms with Crippen LogP contribution in [0.3, 0.4) is 0 Å². The minimum atomic E-state index is 0. The highest BCUT2D eigenvalue weighted by Crippen LogP contribution is 2.39. The topological polar surface area (TPSA) is 33.7 Å². The minimum Gasteiger partial charge on any atom is -0.490 e. The molecule has 1 fully saturated rings. The SMILES string of the molecule is C.Cc1c2c(cc3c1N(C[C@H]1CCCO1)CCO3)CCNCC2. The highest BCUT2D eigenvalue weighted by molar-refractivity contribution is 5.69. The maximum absolute atomic E-state index is 6.00. The zero-order valence-corrected chi connectivity index (χ0v) is 13.5. The molecule has 3 aliphatic heterocycles. The first-order valence-corrected chi connectivity index (χ1v) is 8.68. The van der Waals surface area contributed by atoms with Gasteiger partial charge in [-0.2, -0.15) is 0 Å². The Kier molecular flexibility index (Phi) is 5.12. The molecule has 23 heavy (non-hydrogen) atoms. The van der Waals surface area contributed by atoms with Gasteiger partial charge in [0.15, 0.2) is 0 Å². The van der Waals surface area contributed by atoms with Crippen LogP contribution in [0, 0.1) is 6.92 Å². The van der Waals surface area contributed by atoms with Gasteiger partial charge in [-0.1, -0.05) is 7.43 Å². The Balaban J connectivity index is 0.00000156. The summed E-state index contributed by atoms with van der Waals surface area (Å²) in [6.07, 6.45) is 5.03. The molecular formula is C19H30N2O2. The number of nitrogens with zero attached hydrogens (tertiary/aromatic N) is 1. The van der Waals surface area contributed by atoms with Gasteiger partial charge in [0.1, 0.15) is 12.4 Å². The Labute approximate surface area is 140 Å². The highest BCUT2D eigenvalue weighted by atomic mass is 16.5. The third-order valence-electron chi connectivity index (χ3n) is 5.24. The number of hydrogen-bond donors (Lipinski definition) is 1. The second-order valence-corrected chi connectivity index (χ2v) is 6.67.